The summed E-state index contributed by atoms with van der Waals surface area (Å²) in [4.78, 5) is 23.9. The monoisotopic (exact) mass is 269 g/mol. The summed E-state index contributed by atoms with van der Waals surface area (Å²) in [5.41, 5.74) is 0.333. The zero-order chi connectivity index (χ0) is 14.0. The average molecular weight is 269 g/mol. The van der Waals surface area contributed by atoms with E-state index in [9.17, 15) is 18.4 Å². The van der Waals surface area contributed by atoms with Gasteiger partial charge < -0.3 is 10.0 Å². The highest BCUT2D eigenvalue weighted by Gasteiger charge is 2.33. The number of carbonyl (C=O) groups excluding carboxylic acids is 1. The van der Waals surface area contributed by atoms with Crippen molar-refractivity contribution in [2.45, 2.75) is 25.3 Å². The lowest BCUT2D eigenvalue weighted by Gasteiger charge is -2.20. The summed E-state index contributed by atoms with van der Waals surface area (Å²) in [6.07, 6.45) is 1.45. The molecule has 1 saturated carbocycles. The minimum Gasteiger partial charge on any atom is -0.480 e. The zero-order valence-corrected chi connectivity index (χ0v) is 10.1. The molecule has 4 nitrogen and oxygen atoms in total. The van der Waals surface area contributed by atoms with Gasteiger partial charge in [0, 0.05) is 6.04 Å². The third-order valence-corrected chi connectivity index (χ3v) is 2.95. The van der Waals surface area contributed by atoms with Gasteiger partial charge in [-0.2, -0.15) is 0 Å². The van der Waals surface area contributed by atoms with E-state index in [1.807, 2.05) is 0 Å². The molecule has 6 heteroatoms. The maximum absolute atomic E-state index is 13.0. The van der Waals surface area contributed by atoms with E-state index in [1.165, 1.54) is 11.0 Å². The zero-order valence-electron chi connectivity index (χ0n) is 10.1. The third-order valence-electron chi connectivity index (χ3n) is 2.95. The Morgan fingerprint density at radius 3 is 2.47 bits per heavy atom. The number of hydrogen-bond acceptors (Lipinski definition) is 2. The second-order valence-electron chi connectivity index (χ2n) is 4.57. The van der Waals surface area contributed by atoms with Crippen molar-refractivity contribution in [1.29, 1.82) is 0 Å². The normalized spacial score (nSPS) is 14.2. The van der Waals surface area contributed by atoms with E-state index in [2.05, 4.69) is 0 Å². The van der Waals surface area contributed by atoms with Gasteiger partial charge in [-0.25, -0.2) is 8.78 Å². The van der Waals surface area contributed by atoms with Crippen LogP contribution in [0.4, 0.5) is 8.78 Å². The molecule has 102 valence electrons. The summed E-state index contributed by atoms with van der Waals surface area (Å²) in [5, 5.41) is 8.75. The summed E-state index contributed by atoms with van der Waals surface area (Å²) in [5.74, 6) is -3.44. The van der Waals surface area contributed by atoms with Crippen LogP contribution in [0, 0.1) is 11.6 Å². The summed E-state index contributed by atoms with van der Waals surface area (Å²) in [7, 11) is 0. The number of carbonyl (C=O) groups is 2. The second kappa shape index (κ2) is 5.34. The van der Waals surface area contributed by atoms with Crippen LogP contribution in [0.3, 0.4) is 0 Å². The van der Waals surface area contributed by atoms with Gasteiger partial charge in [0.05, 0.1) is 6.42 Å². The highest BCUT2D eigenvalue weighted by Crippen LogP contribution is 2.27. The standard InChI is InChI=1S/C13H13F2NO3/c14-10-4-1-8(5-11(10)15)6-12(17)16(7-13(18)19)9-2-3-9/h1,4-5,9H,2-3,6-7H2,(H,18,19). The van der Waals surface area contributed by atoms with E-state index in [0.717, 1.165) is 25.0 Å². The molecule has 0 unspecified atom stereocenters. The van der Waals surface area contributed by atoms with Crippen LogP contribution in [0.25, 0.3) is 0 Å². The minimum atomic E-state index is -1.08. The third kappa shape index (κ3) is 3.49. The topological polar surface area (TPSA) is 57.6 Å². The van der Waals surface area contributed by atoms with Crippen LogP contribution in [-0.2, 0) is 16.0 Å². The maximum atomic E-state index is 13.0. The van der Waals surface area contributed by atoms with Crippen molar-refractivity contribution in [1.82, 2.24) is 4.90 Å². The van der Waals surface area contributed by atoms with Gasteiger partial charge in [-0.15, -0.1) is 0 Å². The van der Waals surface area contributed by atoms with Crippen molar-refractivity contribution in [3.05, 3.63) is 35.4 Å². The van der Waals surface area contributed by atoms with E-state index >= 15 is 0 Å². The van der Waals surface area contributed by atoms with Gasteiger partial charge in [-0.3, -0.25) is 9.59 Å². The molecular formula is C13H13F2NO3. The second-order valence-corrected chi connectivity index (χ2v) is 4.57. The fourth-order valence-electron chi connectivity index (χ4n) is 1.88. The van der Waals surface area contributed by atoms with Crippen molar-refractivity contribution in [2.75, 3.05) is 6.54 Å². The Bertz CT molecular complexity index is 515. The predicted octanol–water partition coefficient (Wildman–Crippen LogP) is 1.58. The van der Waals surface area contributed by atoms with Crippen LogP contribution in [-0.4, -0.2) is 34.5 Å². The number of halogens is 2. The van der Waals surface area contributed by atoms with Gasteiger partial charge in [0.2, 0.25) is 5.91 Å². The Kier molecular flexibility index (Phi) is 3.78. The smallest absolute Gasteiger partial charge is 0.323 e. The molecule has 0 radical (unpaired) electrons. The number of carboxylic acid groups (broad SMARTS) is 1. The Morgan fingerprint density at radius 2 is 1.95 bits per heavy atom. The first kappa shape index (κ1) is 13.5. The number of benzene rings is 1. The molecule has 0 aliphatic heterocycles. The van der Waals surface area contributed by atoms with Crippen molar-refractivity contribution in [2.24, 2.45) is 0 Å². The average Bonchev–Trinajstić information content (AvgIpc) is 3.14. The number of carboxylic acids is 1. The van der Waals surface area contributed by atoms with Gasteiger partial charge in [0.15, 0.2) is 11.6 Å². The van der Waals surface area contributed by atoms with Crippen LogP contribution < -0.4 is 0 Å². The molecule has 0 atom stereocenters. The molecule has 0 saturated heterocycles. The highest BCUT2D eigenvalue weighted by molar-refractivity contribution is 5.83. The van der Waals surface area contributed by atoms with Gasteiger partial charge in [-0.1, -0.05) is 6.07 Å². The van der Waals surface area contributed by atoms with Crippen LogP contribution in [0.15, 0.2) is 18.2 Å². The molecule has 1 aliphatic carbocycles. The number of aliphatic carboxylic acids is 1. The number of amides is 1. The fourth-order valence-corrected chi connectivity index (χ4v) is 1.88. The summed E-state index contributed by atoms with van der Waals surface area (Å²) < 4.78 is 25.8. The van der Waals surface area contributed by atoms with E-state index in [4.69, 9.17) is 5.11 Å². The lowest BCUT2D eigenvalue weighted by molar-refractivity contribution is -0.144. The minimum absolute atomic E-state index is 0.0334. The van der Waals surface area contributed by atoms with Crippen molar-refractivity contribution >= 4 is 11.9 Å². The van der Waals surface area contributed by atoms with E-state index in [-0.39, 0.29) is 24.9 Å². The number of hydrogen-bond donors (Lipinski definition) is 1. The first-order valence-corrected chi connectivity index (χ1v) is 5.92. The van der Waals surface area contributed by atoms with Crippen molar-refractivity contribution in [3.63, 3.8) is 0 Å². The highest BCUT2D eigenvalue weighted by atomic mass is 19.2. The molecule has 1 aliphatic rings. The molecule has 19 heavy (non-hydrogen) atoms. The molecule has 1 fully saturated rings. The number of rotatable bonds is 5. The van der Waals surface area contributed by atoms with Crippen LogP contribution in [0.1, 0.15) is 18.4 Å². The van der Waals surface area contributed by atoms with E-state index in [0.29, 0.717) is 5.56 Å². The molecule has 1 aromatic carbocycles. The lowest BCUT2D eigenvalue weighted by Crippen LogP contribution is -2.38. The molecule has 2 rings (SSSR count). The molecule has 0 spiro atoms. The molecule has 0 bridgehead atoms. The Labute approximate surface area is 108 Å². The number of nitrogens with zero attached hydrogens (tertiary/aromatic N) is 1. The van der Waals surface area contributed by atoms with Crippen molar-refractivity contribution < 1.29 is 23.5 Å². The largest absolute Gasteiger partial charge is 0.480 e. The first-order valence-electron chi connectivity index (χ1n) is 5.92. The molecule has 0 aromatic heterocycles. The van der Waals surface area contributed by atoms with Crippen LogP contribution in [0.2, 0.25) is 0 Å². The molecule has 0 heterocycles. The van der Waals surface area contributed by atoms with Crippen LogP contribution >= 0.6 is 0 Å². The maximum Gasteiger partial charge on any atom is 0.323 e. The van der Waals surface area contributed by atoms with Gasteiger partial charge in [0.1, 0.15) is 6.54 Å². The molecule has 1 amide bonds. The van der Waals surface area contributed by atoms with E-state index in [1.54, 1.807) is 0 Å². The summed E-state index contributed by atoms with van der Waals surface area (Å²) >= 11 is 0. The first-order chi connectivity index (χ1) is 8.97. The predicted molar refractivity (Wildman–Crippen MR) is 62.4 cm³/mol. The van der Waals surface area contributed by atoms with Gasteiger partial charge in [-0.05, 0) is 30.5 Å². The Morgan fingerprint density at radius 1 is 1.26 bits per heavy atom. The van der Waals surface area contributed by atoms with Gasteiger partial charge >= 0.3 is 5.97 Å². The molecule has 1 aromatic rings. The lowest BCUT2D eigenvalue weighted by atomic mass is 10.1. The van der Waals surface area contributed by atoms with Gasteiger partial charge in [0.25, 0.3) is 0 Å². The fraction of sp³-hybridized carbons (Fsp3) is 0.385. The Balaban J connectivity index is 2.05. The van der Waals surface area contributed by atoms with Crippen LogP contribution in [0.5, 0.6) is 0 Å². The Hall–Kier alpha value is -1.98. The van der Waals surface area contributed by atoms with Crippen molar-refractivity contribution in [3.8, 4) is 0 Å². The summed E-state index contributed by atoms with van der Waals surface area (Å²) in [6.45, 7) is -0.354. The SMILES string of the molecule is O=C(O)CN(C(=O)Cc1ccc(F)c(F)c1)C1CC1. The molecule has 1 N–H and O–H groups in total. The summed E-state index contributed by atoms with van der Waals surface area (Å²) in [6, 6.07) is 3.20. The molecular weight excluding hydrogens is 256 g/mol. The quantitative estimate of drug-likeness (QED) is 0.883. The van der Waals surface area contributed by atoms with E-state index < -0.39 is 17.6 Å².